The van der Waals surface area contributed by atoms with Crippen molar-refractivity contribution in [2.45, 2.75) is 38.5 Å². The third-order valence-electron chi connectivity index (χ3n) is 2.92. The molecule has 1 N–H and O–H groups in total. The Morgan fingerprint density at radius 3 is 2.38 bits per heavy atom. The fraction of sp³-hybridized carbons (Fsp3) is 0.571. The molecule has 0 aliphatic heterocycles. The summed E-state index contributed by atoms with van der Waals surface area (Å²) in [5.74, 6) is 0. The summed E-state index contributed by atoms with van der Waals surface area (Å²) in [7, 11) is 0. The van der Waals surface area contributed by atoms with E-state index in [2.05, 4.69) is 56.6 Å². The Balaban J connectivity index is 2.49. The molecule has 1 nitrogen and oxygen atoms in total. The lowest BCUT2D eigenvalue weighted by Gasteiger charge is -2.22. The highest BCUT2D eigenvalue weighted by atomic mass is 32.2. The van der Waals surface area contributed by atoms with Crippen LogP contribution in [-0.2, 0) is 13.0 Å². The highest BCUT2D eigenvalue weighted by Gasteiger charge is 2.14. The van der Waals surface area contributed by atoms with Crippen LogP contribution in [-0.4, -0.2) is 17.5 Å². The normalized spacial score (nSPS) is 11.8. The lowest BCUT2D eigenvalue weighted by molar-refractivity contribution is 0.589. The molecule has 1 rings (SSSR count). The molecule has 0 aliphatic rings. The smallest absolute Gasteiger partial charge is 0.0225 e. The standard InChI is InChI=1S/C14H23NS/c1-5-12-8-6-7-9-13(12)10-15-11-14(2,3)16-4/h6-9,15H,5,10-11H2,1-4H3. The van der Waals surface area contributed by atoms with Gasteiger partial charge in [0.2, 0.25) is 0 Å². The fourth-order valence-corrected chi connectivity index (χ4v) is 1.89. The van der Waals surface area contributed by atoms with Gasteiger partial charge in [0.25, 0.3) is 0 Å². The van der Waals surface area contributed by atoms with E-state index in [1.807, 2.05) is 11.8 Å². The van der Waals surface area contributed by atoms with Gasteiger partial charge in [-0.3, -0.25) is 0 Å². The van der Waals surface area contributed by atoms with Gasteiger partial charge in [-0.25, -0.2) is 0 Å². The maximum Gasteiger partial charge on any atom is 0.0225 e. The van der Waals surface area contributed by atoms with Gasteiger partial charge in [0.15, 0.2) is 0 Å². The quantitative estimate of drug-likeness (QED) is 0.813. The molecule has 16 heavy (non-hydrogen) atoms. The van der Waals surface area contributed by atoms with Crippen LogP contribution < -0.4 is 5.32 Å². The van der Waals surface area contributed by atoms with Crippen LogP contribution in [0.5, 0.6) is 0 Å². The first-order chi connectivity index (χ1) is 7.59. The van der Waals surface area contributed by atoms with Crippen molar-refractivity contribution < 1.29 is 0 Å². The molecule has 0 amide bonds. The molecule has 0 saturated carbocycles. The Bertz CT molecular complexity index is 320. The molecule has 0 unspecified atom stereocenters. The molecule has 1 aromatic carbocycles. The second-order valence-corrected chi connectivity index (χ2v) is 6.20. The predicted octanol–water partition coefficient (Wildman–Crippen LogP) is 3.48. The fourth-order valence-electron chi connectivity index (χ4n) is 1.65. The van der Waals surface area contributed by atoms with Crippen molar-refractivity contribution in [3.05, 3.63) is 35.4 Å². The number of aryl methyl sites for hydroxylation is 1. The molecule has 0 aromatic heterocycles. The van der Waals surface area contributed by atoms with Gasteiger partial charge in [-0.15, -0.1) is 0 Å². The topological polar surface area (TPSA) is 12.0 Å². The number of hydrogen-bond acceptors (Lipinski definition) is 2. The van der Waals surface area contributed by atoms with Gasteiger partial charge in [-0.1, -0.05) is 31.2 Å². The Morgan fingerprint density at radius 1 is 1.19 bits per heavy atom. The molecule has 0 spiro atoms. The minimum atomic E-state index is 0.321. The molecule has 0 saturated heterocycles. The van der Waals surface area contributed by atoms with Crippen molar-refractivity contribution in [2.24, 2.45) is 0 Å². The molecule has 0 bridgehead atoms. The molecule has 2 heteroatoms. The zero-order chi connectivity index (χ0) is 12.0. The molecule has 1 aromatic rings. The van der Waals surface area contributed by atoms with E-state index in [0.717, 1.165) is 19.5 Å². The number of rotatable bonds is 6. The maximum atomic E-state index is 3.55. The second kappa shape index (κ2) is 6.31. The summed E-state index contributed by atoms with van der Waals surface area (Å²) in [6, 6.07) is 8.68. The number of benzene rings is 1. The van der Waals surface area contributed by atoms with Gasteiger partial charge in [0.1, 0.15) is 0 Å². The molecule has 0 aliphatic carbocycles. The Morgan fingerprint density at radius 2 is 1.81 bits per heavy atom. The van der Waals surface area contributed by atoms with Gasteiger partial charge < -0.3 is 5.32 Å². The summed E-state index contributed by atoms with van der Waals surface area (Å²) >= 11 is 1.91. The summed E-state index contributed by atoms with van der Waals surface area (Å²) in [5, 5.41) is 3.55. The van der Waals surface area contributed by atoms with Crippen LogP contribution in [0.25, 0.3) is 0 Å². The van der Waals surface area contributed by atoms with Crippen LogP contribution in [0.1, 0.15) is 31.9 Å². The average molecular weight is 237 g/mol. The van der Waals surface area contributed by atoms with E-state index >= 15 is 0 Å². The first-order valence-corrected chi connectivity index (χ1v) is 7.14. The number of thioether (sulfide) groups is 1. The zero-order valence-corrected chi connectivity index (χ0v) is 11.7. The summed E-state index contributed by atoms with van der Waals surface area (Å²) in [6.07, 6.45) is 3.28. The highest BCUT2D eigenvalue weighted by Crippen LogP contribution is 2.19. The molecule has 0 radical (unpaired) electrons. The van der Waals surface area contributed by atoms with Gasteiger partial charge in [0.05, 0.1) is 0 Å². The molecular weight excluding hydrogens is 214 g/mol. The Labute approximate surface area is 104 Å². The third kappa shape index (κ3) is 4.18. The molecule has 90 valence electrons. The van der Waals surface area contributed by atoms with Crippen molar-refractivity contribution in [3.63, 3.8) is 0 Å². The van der Waals surface area contributed by atoms with Crippen molar-refractivity contribution in [2.75, 3.05) is 12.8 Å². The number of hydrogen-bond donors (Lipinski definition) is 1. The van der Waals surface area contributed by atoms with Crippen LogP contribution in [0, 0.1) is 0 Å². The first-order valence-electron chi connectivity index (χ1n) is 5.91. The van der Waals surface area contributed by atoms with Gasteiger partial charge in [-0.05, 0) is 37.7 Å². The number of nitrogens with one attached hydrogen (secondary N) is 1. The lowest BCUT2D eigenvalue weighted by atomic mass is 10.1. The monoisotopic (exact) mass is 237 g/mol. The van der Waals surface area contributed by atoms with Crippen LogP contribution in [0.3, 0.4) is 0 Å². The maximum absolute atomic E-state index is 3.55. The van der Waals surface area contributed by atoms with E-state index in [1.165, 1.54) is 11.1 Å². The summed E-state index contributed by atoms with van der Waals surface area (Å²) < 4.78 is 0.321. The minimum Gasteiger partial charge on any atom is -0.311 e. The second-order valence-electron chi connectivity index (χ2n) is 4.69. The third-order valence-corrected chi connectivity index (χ3v) is 4.17. The highest BCUT2D eigenvalue weighted by molar-refractivity contribution is 7.99. The first kappa shape index (κ1) is 13.6. The van der Waals surface area contributed by atoms with Crippen molar-refractivity contribution in [1.29, 1.82) is 0 Å². The van der Waals surface area contributed by atoms with E-state index in [-0.39, 0.29) is 0 Å². The van der Waals surface area contributed by atoms with Crippen LogP contribution in [0.15, 0.2) is 24.3 Å². The predicted molar refractivity (Wildman–Crippen MR) is 75.1 cm³/mol. The molecule has 0 heterocycles. The largest absolute Gasteiger partial charge is 0.311 e. The Hall–Kier alpha value is -0.470. The van der Waals surface area contributed by atoms with Gasteiger partial charge >= 0.3 is 0 Å². The summed E-state index contributed by atoms with van der Waals surface area (Å²) in [5.41, 5.74) is 2.89. The van der Waals surface area contributed by atoms with Gasteiger partial charge in [-0.2, -0.15) is 11.8 Å². The Kier molecular flexibility index (Phi) is 5.36. The van der Waals surface area contributed by atoms with Crippen LogP contribution in [0.4, 0.5) is 0 Å². The minimum absolute atomic E-state index is 0.321. The van der Waals surface area contributed by atoms with Crippen molar-refractivity contribution >= 4 is 11.8 Å². The van der Waals surface area contributed by atoms with E-state index in [4.69, 9.17) is 0 Å². The van der Waals surface area contributed by atoms with E-state index in [1.54, 1.807) is 0 Å². The van der Waals surface area contributed by atoms with E-state index in [0.29, 0.717) is 4.75 Å². The van der Waals surface area contributed by atoms with Crippen molar-refractivity contribution in [1.82, 2.24) is 5.32 Å². The molecule has 0 fully saturated rings. The molecule has 0 atom stereocenters. The SMILES string of the molecule is CCc1ccccc1CNCC(C)(C)SC. The van der Waals surface area contributed by atoms with E-state index in [9.17, 15) is 0 Å². The van der Waals surface area contributed by atoms with Crippen molar-refractivity contribution in [3.8, 4) is 0 Å². The van der Waals surface area contributed by atoms with Crippen LogP contribution in [0.2, 0.25) is 0 Å². The molecular formula is C14H23NS. The average Bonchev–Trinajstić information content (AvgIpc) is 2.29. The summed E-state index contributed by atoms with van der Waals surface area (Å²) in [6.45, 7) is 8.79. The van der Waals surface area contributed by atoms with E-state index < -0.39 is 0 Å². The van der Waals surface area contributed by atoms with Gasteiger partial charge in [0, 0.05) is 17.8 Å². The summed E-state index contributed by atoms with van der Waals surface area (Å²) in [4.78, 5) is 0. The van der Waals surface area contributed by atoms with Crippen LogP contribution >= 0.6 is 11.8 Å². The zero-order valence-electron chi connectivity index (χ0n) is 10.8. The lowest BCUT2D eigenvalue weighted by Crippen LogP contribution is -2.31.